The normalized spacial score (nSPS) is 11.6. The van der Waals surface area contributed by atoms with Gasteiger partial charge in [-0.1, -0.05) is 12.1 Å². The number of aryl methyl sites for hydroxylation is 1. The van der Waals surface area contributed by atoms with Gasteiger partial charge in [0, 0.05) is 0 Å². The number of nitrogens with zero attached hydrogens (tertiary/aromatic N) is 2. The average molecular weight is 279 g/mol. The standard InChI is InChI=1S/C12H10FN3O2S/c1-7-14-12(16-15-7)19-10(11(17)18)6-8-2-4-9(13)5-3-8/h2-6H,1H3,(H,17,18)(H,14,15,16). The molecule has 0 atom stereocenters. The molecule has 0 fully saturated rings. The fourth-order valence-electron chi connectivity index (χ4n) is 1.31. The number of hydrogen-bond donors (Lipinski definition) is 2. The van der Waals surface area contributed by atoms with E-state index in [0.717, 1.165) is 11.8 Å². The number of halogens is 1. The number of aliphatic carboxylic acids is 1. The zero-order chi connectivity index (χ0) is 13.8. The molecule has 1 heterocycles. The van der Waals surface area contributed by atoms with Crippen molar-refractivity contribution in [3.8, 4) is 0 Å². The number of rotatable bonds is 4. The van der Waals surface area contributed by atoms with E-state index in [2.05, 4.69) is 15.2 Å². The molecule has 1 aromatic carbocycles. The molecule has 0 spiro atoms. The van der Waals surface area contributed by atoms with Gasteiger partial charge in [0.15, 0.2) is 0 Å². The first kappa shape index (κ1) is 13.3. The molecule has 0 unspecified atom stereocenters. The smallest absolute Gasteiger partial charge is 0.342 e. The van der Waals surface area contributed by atoms with Crippen LogP contribution in [0.2, 0.25) is 0 Å². The first-order chi connectivity index (χ1) is 9.04. The summed E-state index contributed by atoms with van der Waals surface area (Å²) in [4.78, 5) is 15.2. The second kappa shape index (κ2) is 5.66. The van der Waals surface area contributed by atoms with E-state index in [1.54, 1.807) is 6.92 Å². The zero-order valence-electron chi connectivity index (χ0n) is 9.92. The molecule has 2 rings (SSSR count). The number of nitrogens with one attached hydrogen (secondary N) is 1. The van der Waals surface area contributed by atoms with Crippen molar-refractivity contribution in [2.45, 2.75) is 12.1 Å². The van der Waals surface area contributed by atoms with Gasteiger partial charge in [0.25, 0.3) is 0 Å². The Balaban J connectivity index is 2.24. The number of hydrogen-bond acceptors (Lipinski definition) is 4. The molecule has 7 heteroatoms. The van der Waals surface area contributed by atoms with Crippen molar-refractivity contribution in [1.82, 2.24) is 15.2 Å². The average Bonchev–Trinajstić information content (AvgIpc) is 2.76. The van der Waals surface area contributed by atoms with Crippen molar-refractivity contribution in [2.24, 2.45) is 0 Å². The first-order valence-electron chi connectivity index (χ1n) is 5.32. The van der Waals surface area contributed by atoms with Gasteiger partial charge in [-0.2, -0.15) is 0 Å². The molecule has 0 aliphatic rings. The third-order valence-electron chi connectivity index (χ3n) is 2.16. The maximum Gasteiger partial charge on any atom is 0.342 e. The van der Waals surface area contributed by atoms with Crippen LogP contribution >= 0.6 is 11.8 Å². The Morgan fingerprint density at radius 2 is 2.11 bits per heavy atom. The summed E-state index contributed by atoms with van der Waals surface area (Å²) in [5, 5.41) is 15.9. The summed E-state index contributed by atoms with van der Waals surface area (Å²) < 4.78 is 12.8. The molecule has 0 aliphatic carbocycles. The van der Waals surface area contributed by atoms with Crippen LogP contribution in [0.1, 0.15) is 11.4 Å². The number of thioether (sulfide) groups is 1. The van der Waals surface area contributed by atoms with Crippen molar-refractivity contribution >= 4 is 23.8 Å². The van der Waals surface area contributed by atoms with Crippen molar-refractivity contribution < 1.29 is 14.3 Å². The van der Waals surface area contributed by atoms with E-state index < -0.39 is 5.97 Å². The van der Waals surface area contributed by atoms with E-state index in [-0.39, 0.29) is 10.7 Å². The van der Waals surface area contributed by atoms with Crippen LogP contribution in [-0.4, -0.2) is 26.3 Å². The Morgan fingerprint density at radius 3 is 2.63 bits per heavy atom. The minimum Gasteiger partial charge on any atom is -0.477 e. The third kappa shape index (κ3) is 3.65. The van der Waals surface area contributed by atoms with Crippen LogP contribution in [0.15, 0.2) is 34.3 Å². The van der Waals surface area contributed by atoms with Crippen LogP contribution in [0.5, 0.6) is 0 Å². The van der Waals surface area contributed by atoms with Gasteiger partial charge in [-0.05, 0) is 42.5 Å². The highest BCUT2D eigenvalue weighted by molar-refractivity contribution is 8.04. The van der Waals surface area contributed by atoms with Crippen LogP contribution in [0.25, 0.3) is 6.08 Å². The highest BCUT2D eigenvalue weighted by Crippen LogP contribution is 2.25. The van der Waals surface area contributed by atoms with E-state index in [9.17, 15) is 9.18 Å². The lowest BCUT2D eigenvalue weighted by Crippen LogP contribution is -1.97. The summed E-state index contributed by atoms with van der Waals surface area (Å²) in [5.74, 6) is -0.850. The zero-order valence-corrected chi connectivity index (χ0v) is 10.7. The van der Waals surface area contributed by atoms with Gasteiger partial charge in [0.1, 0.15) is 16.5 Å². The summed E-state index contributed by atoms with van der Waals surface area (Å²) in [7, 11) is 0. The monoisotopic (exact) mass is 279 g/mol. The number of carbonyl (C=O) groups is 1. The SMILES string of the molecule is Cc1nc(SC(=Cc2ccc(F)cc2)C(=O)O)n[nH]1. The van der Waals surface area contributed by atoms with Crippen LogP contribution in [-0.2, 0) is 4.79 Å². The predicted molar refractivity (Wildman–Crippen MR) is 69.0 cm³/mol. The summed E-state index contributed by atoms with van der Waals surface area (Å²) in [5.41, 5.74) is 0.596. The first-order valence-corrected chi connectivity index (χ1v) is 6.13. The van der Waals surface area contributed by atoms with E-state index in [1.807, 2.05) is 0 Å². The number of aromatic amines is 1. The molecule has 1 aromatic heterocycles. The maximum atomic E-state index is 12.8. The Labute approximate surface area is 112 Å². The molecular formula is C12H10FN3O2S. The molecule has 0 aliphatic heterocycles. The Morgan fingerprint density at radius 1 is 1.42 bits per heavy atom. The van der Waals surface area contributed by atoms with E-state index in [4.69, 9.17) is 5.11 Å². The lowest BCUT2D eigenvalue weighted by atomic mass is 10.2. The number of aromatic nitrogens is 3. The summed E-state index contributed by atoms with van der Waals surface area (Å²) in [6.45, 7) is 1.72. The van der Waals surface area contributed by atoms with Gasteiger partial charge in [0.05, 0.1) is 0 Å². The second-order valence-electron chi connectivity index (χ2n) is 3.67. The topological polar surface area (TPSA) is 78.9 Å². The molecule has 2 N–H and O–H groups in total. The lowest BCUT2D eigenvalue weighted by Gasteiger charge is -1.99. The molecule has 0 saturated carbocycles. The molecule has 5 nitrogen and oxygen atoms in total. The highest BCUT2D eigenvalue weighted by Gasteiger charge is 2.12. The van der Waals surface area contributed by atoms with Crippen LogP contribution in [0.4, 0.5) is 4.39 Å². The fraction of sp³-hybridized carbons (Fsp3) is 0.0833. The van der Waals surface area contributed by atoms with Gasteiger partial charge < -0.3 is 5.11 Å². The Hall–Kier alpha value is -2.15. The molecule has 0 saturated heterocycles. The quantitative estimate of drug-likeness (QED) is 0.664. The molecule has 0 bridgehead atoms. The molecule has 98 valence electrons. The summed E-state index contributed by atoms with van der Waals surface area (Å²) in [6, 6.07) is 5.55. The Bertz CT molecular complexity index is 622. The van der Waals surface area contributed by atoms with E-state index in [1.165, 1.54) is 30.3 Å². The van der Waals surface area contributed by atoms with Crippen molar-refractivity contribution in [1.29, 1.82) is 0 Å². The van der Waals surface area contributed by atoms with Gasteiger partial charge in [-0.15, -0.1) is 5.10 Å². The molecular weight excluding hydrogens is 269 g/mol. The minimum atomic E-state index is -1.09. The minimum absolute atomic E-state index is 0.0607. The predicted octanol–water partition coefficient (Wildman–Crippen LogP) is 2.47. The second-order valence-corrected chi connectivity index (χ2v) is 4.68. The van der Waals surface area contributed by atoms with Crippen molar-refractivity contribution in [3.05, 3.63) is 46.4 Å². The number of carboxylic acid groups (broad SMARTS) is 1. The third-order valence-corrected chi connectivity index (χ3v) is 3.03. The van der Waals surface area contributed by atoms with Gasteiger partial charge in [-0.25, -0.2) is 14.2 Å². The summed E-state index contributed by atoms with van der Waals surface area (Å²) >= 11 is 0.931. The highest BCUT2D eigenvalue weighted by atomic mass is 32.2. The fourth-order valence-corrected chi connectivity index (χ4v) is 2.06. The number of H-pyrrole nitrogens is 1. The van der Waals surface area contributed by atoms with Crippen molar-refractivity contribution in [2.75, 3.05) is 0 Å². The van der Waals surface area contributed by atoms with Crippen LogP contribution < -0.4 is 0 Å². The van der Waals surface area contributed by atoms with Gasteiger partial charge >= 0.3 is 5.97 Å². The van der Waals surface area contributed by atoms with E-state index in [0.29, 0.717) is 16.5 Å². The van der Waals surface area contributed by atoms with Gasteiger partial charge in [0.2, 0.25) is 5.16 Å². The maximum absolute atomic E-state index is 12.8. The molecule has 0 radical (unpaired) electrons. The molecule has 2 aromatic rings. The Kier molecular flexibility index (Phi) is 3.96. The lowest BCUT2D eigenvalue weighted by molar-refractivity contribution is -0.131. The number of carboxylic acids is 1. The molecule has 0 amide bonds. The van der Waals surface area contributed by atoms with Crippen molar-refractivity contribution in [3.63, 3.8) is 0 Å². The van der Waals surface area contributed by atoms with Gasteiger partial charge in [-0.3, -0.25) is 5.10 Å². The molecule has 19 heavy (non-hydrogen) atoms. The van der Waals surface area contributed by atoms with Crippen LogP contribution in [0, 0.1) is 12.7 Å². The summed E-state index contributed by atoms with van der Waals surface area (Å²) in [6.07, 6.45) is 1.44. The van der Waals surface area contributed by atoms with Crippen LogP contribution in [0.3, 0.4) is 0 Å². The van der Waals surface area contributed by atoms with E-state index >= 15 is 0 Å². The largest absolute Gasteiger partial charge is 0.477 e. The number of benzene rings is 1.